The number of halogens is 1. The Labute approximate surface area is 141 Å². The van der Waals surface area contributed by atoms with Crippen molar-refractivity contribution in [2.45, 2.75) is 12.8 Å². The molecule has 0 radical (unpaired) electrons. The Morgan fingerprint density at radius 3 is 2.68 bits per heavy atom. The average molecular weight is 335 g/mol. The highest BCUT2D eigenvalue weighted by Gasteiger charge is 2.05. The lowest BCUT2D eigenvalue weighted by molar-refractivity contribution is 0.417. The molecule has 3 nitrogen and oxygen atoms in total. The van der Waals surface area contributed by atoms with Crippen molar-refractivity contribution in [1.29, 1.82) is 0 Å². The van der Waals surface area contributed by atoms with Crippen molar-refractivity contribution in [3.63, 3.8) is 0 Å². The molecule has 0 aliphatic rings. The maximum Gasteiger partial charge on any atom is 0.170 e. The minimum atomic E-state index is 0.564. The number of nitrogens with one attached hydrogen (secondary N) is 2. The molecule has 0 aromatic heterocycles. The van der Waals surface area contributed by atoms with Crippen LogP contribution >= 0.6 is 23.8 Å². The highest BCUT2D eigenvalue weighted by atomic mass is 35.5. The number of hydrogen-bond acceptors (Lipinski definition) is 2. The summed E-state index contributed by atoms with van der Waals surface area (Å²) in [4.78, 5) is 0. The van der Waals surface area contributed by atoms with Crippen molar-refractivity contribution in [3.05, 3.63) is 59.1 Å². The molecular weight excluding hydrogens is 316 g/mol. The number of aryl methyl sites for hydroxylation is 1. The van der Waals surface area contributed by atoms with Crippen molar-refractivity contribution in [2.24, 2.45) is 0 Å². The van der Waals surface area contributed by atoms with E-state index in [1.54, 1.807) is 19.2 Å². The fourth-order valence-electron chi connectivity index (χ4n) is 2.08. The standard InChI is InChI=1S/C17H19ClN2OS/c1-21-16-10-9-14(18)12-15(16)20-17(22)19-11-5-8-13-6-3-2-4-7-13/h2-4,6-7,9-10,12H,5,8,11H2,1H3,(H2,19,20,22). The summed E-state index contributed by atoms with van der Waals surface area (Å²) in [5.41, 5.74) is 2.09. The van der Waals surface area contributed by atoms with Crippen molar-refractivity contribution >= 4 is 34.6 Å². The summed E-state index contributed by atoms with van der Waals surface area (Å²) < 4.78 is 5.28. The lowest BCUT2D eigenvalue weighted by Gasteiger charge is -2.13. The second-order valence-corrected chi connectivity index (χ2v) is 5.66. The van der Waals surface area contributed by atoms with Gasteiger partial charge in [0.2, 0.25) is 0 Å². The van der Waals surface area contributed by atoms with Gasteiger partial charge in [0.05, 0.1) is 12.8 Å². The van der Waals surface area contributed by atoms with Crippen LogP contribution in [0, 0.1) is 0 Å². The van der Waals surface area contributed by atoms with Gasteiger partial charge in [-0.2, -0.15) is 0 Å². The van der Waals surface area contributed by atoms with Gasteiger partial charge in [0.1, 0.15) is 5.75 Å². The van der Waals surface area contributed by atoms with E-state index in [9.17, 15) is 0 Å². The number of benzene rings is 2. The highest BCUT2D eigenvalue weighted by Crippen LogP contribution is 2.27. The van der Waals surface area contributed by atoms with Crippen molar-refractivity contribution in [3.8, 4) is 5.75 Å². The van der Waals surface area contributed by atoms with Crippen LogP contribution in [0.15, 0.2) is 48.5 Å². The van der Waals surface area contributed by atoms with Crippen molar-refractivity contribution in [2.75, 3.05) is 19.0 Å². The normalized spacial score (nSPS) is 10.1. The quantitative estimate of drug-likeness (QED) is 0.610. The third-order valence-corrected chi connectivity index (χ3v) is 3.66. The summed E-state index contributed by atoms with van der Waals surface area (Å²) in [6, 6.07) is 15.8. The molecule has 0 unspecified atom stereocenters. The van der Waals surface area contributed by atoms with E-state index in [-0.39, 0.29) is 0 Å². The predicted octanol–water partition coefficient (Wildman–Crippen LogP) is 4.27. The maximum absolute atomic E-state index is 5.99. The molecule has 0 aliphatic carbocycles. The van der Waals surface area contributed by atoms with Gasteiger partial charge in [-0.15, -0.1) is 0 Å². The molecule has 0 amide bonds. The van der Waals surface area contributed by atoms with Crippen molar-refractivity contribution < 1.29 is 4.74 Å². The summed E-state index contributed by atoms with van der Waals surface area (Å²) in [5.74, 6) is 0.706. The Morgan fingerprint density at radius 1 is 1.18 bits per heavy atom. The number of ether oxygens (including phenoxy) is 1. The van der Waals surface area contributed by atoms with Gasteiger partial charge in [-0.25, -0.2) is 0 Å². The van der Waals surface area contributed by atoms with Gasteiger partial charge in [0, 0.05) is 11.6 Å². The molecule has 0 saturated carbocycles. The molecule has 2 aromatic carbocycles. The first kappa shape index (κ1) is 16.6. The van der Waals surface area contributed by atoms with Gasteiger partial charge in [0.25, 0.3) is 0 Å². The van der Waals surface area contributed by atoms with Gasteiger partial charge >= 0.3 is 0 Å². The van der Waals surface area contributed by atoms with Crippen LogP contribution in [-0.4, -0.2) is 18.8 Å². The summed E-state index contributed by atoms with van der Waals surface area (Å²) in [5, 5.41) is 7.50. The van der Waals surface area contributed by atoms with E-state index >= 15 is 0 Å². The van der Waals surface area contributed by atoms with Crippen LogP contribution in [0.3, 0.4) is 0 Å². The van der Waals surface area contributed by atoms with E-state index in [2.05, 4.69) is 34.9 Å². The monoisotopic (exact) mass is 334 g/mol. The maximum atomic E-state index is 5.99. The van der Waals surface area contributed by atoms with E-state index < -0.39 is 0 Å². The van der Waals surface area contributed by atoms with Gasteiger partial charge < -0.3 is 15.4 Å². The molecule has 22 heavy (non-hydrogen) atoms. The van der Waals surface area contributed by atoms with Gasteiger partial charge in [0.15, 0.2) is 5.11 Å². The number of hydrogen-bond donors (Lipinski definition) is 2. The predicted molar refractivity (Wildman–Crippen MR) is 97.0 cm³/mol. The zero-order valence-corrected chi connectivity index (χ0v) is 14.0. The number of anilines is 1. The summed E-state index contributed by atoms with van der Waals surface area (Å²) in [6.07, 6.45) is 2.04. The molecule has 2 rings (SSSR count). The molecule has 0 heterocycles. The number of rotatable bonds is 6. The van der Waals surface area contributed by atoms with E-state index in [1.165, 1.54) is 5.56 Å². The summed E-state index contributed by atoms with van der Waals surface area (Å²) in [7, 11) is 1.62. The Morgan fingerprint density at radius 2 is 1.95 bits per heavy atom. The largest absolute Gasteiger partial charge is 0.495 e. The second-order valence-electron chi connectivity index (χ2n) is 4.81. The smallest absolute Gasteiger partial charge is 0.170 e. The average Bonchev–Trinajstić information content (AvgIpc) is 2.53. The first-order chi connectivity index (χ1) is 10.7. The topological polar surface area (TPSA) is 33.3 Å². The van der Waals surface area contributed by atoms with E-state index in [0.29, 0.717) is 15.9 Å². The molecule has 2 N–H and O–H groups in total. The molecule has 0 bridgehead atoms. The van der Waals surface area contributed by atoms with Crippen LogP contribution in [0.25, 0.3) is 0 Å². The fourth-order valence-corrected chi connectivity index (χ4v) is 2.47. The molecule has 116 valence electrons. The van der Waals surface area contributed by atoms with Gasteiger partial charge in [-0.3, -0.25) is 0 Å². The molecule has 5 heteroatoms. The Balaban J connectivity index is 1.77. The third kappa shape index (κ3) is 5.20. The SMILES string of the molecule is COc1ccc(Cl)cc1NC(=S)NCCCc1ccccc1. The zero-order chi connectivity index (χ0) is 15.8. The molecule has 0 fully saturated rings. The van der Waals surface area contributed by atoms with Crippen LogP contribution in [-0.2, 0) is 6.42 Å². The van der Waals surface area contributed by atoms with Gasteiger partial charge in [-0.05, 0) is 48.8 Å². The Bertz CT molecular complexity index is 619. The molecule has 0 spiro atoms. The Kier molecular flexibility index (Phi) is 6.49. The van der Waals surface area contributed by atoms with Crippen LogP contribution < -0.4 is 15.4 Å². The molecule has 0 aliphatic heterocycles. The summed E-state index contributed by atoms with van der Waals surface area (Å²) in [6.45, 7) is 0.809. The highest BCUT2D eigenvalue weighted by molar-refractivity contribution is 7.80. The second kappa shape index (κ2) is 8.61. The third-order valence-electron chi connectivity index (χ3n) is 3.18. The molecule has 0 atom stereocenters. The Hall–Kier alpha value is -1.78. The zero-order valence-electron chi connectivity index (χ0n) is 12.4. The molecular formula is C17H19ClN2OS. The lowest BCUT2D eigenvalue weighted by Crippen LogP contribution is -2.29. The van der Waals surface area contributed by atoms with E-state index in [4.69, 9.17) is 28.6 Å². The first-order valence-corrected chi connectivity index (χ1v) is 7.90. The molecule has 0 saturated heterocycles. The van der Waals surface area contributed by atoms with Crippen LogP contribution in [0.2, 0.25) is 5.02 Å². The van der Waals surface area contributed by atoms with Crippen molar-refractivity contribution in [1.82, 2.24) is 5.32 Å². The minimum absolute atomic E-state index is 0.564. The van der Waals surface area contributed by atoms with E-state index in [0.717, 1.165) is 25.1 Å². The first-order valence-electron chi connectivity index (χ1n) is 7.11. The van der Waals surface area contributed by atoms with Crippen LogP contribution in [0.4, 0.5) is 5.69 Å². The van der Waals surface area contributed by atoms with Crippen LogP contribution in [0.1, 0.15) is 12.0 Å². The van der Waals surface area contributed by atoms with Gasteiger partial charge in [-0.1, -0.05) is 41.9 Å². The number of thiocarbonyl (C=S) groups is 1. The fraction of sp³-hybridized carbons (Fsp3) is 0.235. The van der Waals surface area contributed by atoms with E-state index in [1.807, 2.05) is 12.1 Å². The lowest BCUT2D eigenvalue weighted by atomic mass is 10.1. The number of methoxy groups -OCH3 is 1. The molecule has 2 aromatic rings. The minimum Gasteiger partial charge on any atom is -0.495 e. The summed E-state index contributed by atoms with van der Waals surface area (Å²) >= 11 is 11.3. The van der Waals surface area contributed by atoms with Crippen LogP contribution in [0.5, 0.6) is 5.75 Å².